The monoisotopic (exact) mass is 269 g/mol. The van der Waals surface area contributed by atoms with Crippen LogP contribution in [-0.2, 0) is 4.84 Å². The Morgan fingerprint density at radius 1 is 1.20 bits per heavy atom. The van der Waals surface area contributed by atoms with Crippen LogP contribution >= 0.6 is 0 Å². The summed E-state index contributed by atoms with van der Waals surface area (Å²) in [7, 11) is 1.75. The van der Waals surface area contributed by atoms with E-state index in [0.717, 1.165) is 13.0 Å². The van der Waals surface area contributed by atoms with Gasteiger partial charge in [0.1, 0.15) is 0 Å². The Hall–Kier alpha value is -1.64. The van der Waals surface area contributed by atoms with Crippen LogP contribution < -0.4 is 0 Å². The molecule has 1 aliphatic rings. The summed E-state index contributed by atoms with van der Waals surface area (Å²) in [5.74, 6) is 0. The van der Waals surface area contributed by atoms with Crippen molar-refractivity contribution in [3.63, 3.8) is 0 Å². The lowest BCUT2D eigenvalue weighted by molar-refractivity contribution is -0.142. The Bertz CT molecular complexity index is 487. The number of allylic oxidation sites excluding steroid dienone is 2. The number of rotatable bonds is 6. The zero-order valence-electron chi connectivity index (χ0n) is 12.3. The molecule has 0 heterocycles. The van der Waals surface area contributed by atoms with Gasteiger partial charge in [0.25, 0.3) is 0 Å². The predicted octanol–water partition coefficient (Wildman–Crippen LogP) is 4.23. The maximum Gasteiger partial charge on any atom is 0.0786 e. The summed E-state index contributed by atoms with van der Waals surface area (Å²) in [4.78, 5) is 5.57. The minimum Gasteiger partial charge on any atom is -0.301 e. The SMILES string of the molecule is CCCCN(OC)C1C=CC=CC1=Cc1ccccc1. The molecule has 0 fully saturated rings. The average molecular weight is 269 g/mol. The first-order valence-electron chi connectivity index (χ1n) is 7.27. The fourth-order valence-corrected chi connectivity index (χ4v) is 2.34. The number of benzene rings is 1. The molecule has 1 atom stereocenters. The molecule has 106 valence electrons. The molecule has 2 rings (SSSR count). The molecule has 0 saturated carbocycles. The van der Waals surface area contributed by atoms with Crippen LogP contribution in [-0.4, -0.2) is 24.8 Å². The summed E-state index contributed by atoms with van der Waals surface area (Å²) in [6.45, 7) is 3.15. The molecule has 0 amide bonds. The van der Waals surface area contributed by atoms with Gasteiger partial charge >= 0.3 is 0 Å². The van der Waals surface area contributed by atoms with E-state index in [1.54, 1.807) is 7.11 Å². The number of hydrogen-bond donors (Lipinski definition) is 0. The molecule has 1 aromatic rings. The van der Waals surface area contributed by atoms with Crippen LogP contribution in [0.4, 0.5) is 0 Å². The average Bonchev–Trinajstić information content (AvgIpc) is 2.50. The molecule has 1 aromatic carbocycles. The molecule has 2 nitrogen and oxygen atoms in total. The third-order valence-corrected chi connectivity index (χ3v) is 3.44. The fourth-order valence-electron chi connectivity index (χ4n) is 2.34. The van der Waals surface area contributed by atoms with Crippen LogP contribution in [0.3, 0.4) is 0 Å². The van der Waals surface area contributed by atoms with Crippen LogP contribution in [0.25, 0.3) is 6.08 Å². The first-order chi connectivity index (χ1) is 9.85. The standard InChI is InChI=1S/C18H23NO/c1-3-4-14-19(20-2)18-13-9-8-12-17(18)15-16-10-6-5-7-11-16/h5-13,15,18H,3-4,14H2,1-2H3. The van der Waals surface area contributed by atoms with Crippen molar-refractivity contribution >= 4 is 6.08 Å². The molecular formula is C18H23NO. The molecule has 0 N–H and O–H groups in total. The van der Waals surface area contributed by atoms with Gasteiger partial charge in [-0.05, 0) is 23.6 Å². The molecule has 20 heavy (non-hydrogen) atoms. The zero-order valence-corrected chi connectivity index (χ0v) is 12.3. The van der Waals surface area contributed by atoms with Crippen molar-refractivity contribution in [1.29, 1.82) is 0 Å². The van der Waals surface area contributed by atoms with Gasteiger partial charge in [0.2, 0.25) is 0 Å². The van der Waals surface area contributed by atoms with Crippen molar-refractivity contribution < 1.29 is 4.84 Å². The maximum absolute atomic E-state index is 5.57. The number of hydrogen-bond acceptors (Lipinski definition) is 2. The zero-order chi connectivity index (χ0) is 14.2. The summed E-state index contributed by atoms with van der Waals surface area (Å²) < 4.78 is 0. The Morgan fingerprint density at radius 3 is 2.70 bits per heavy atom. The van der Waals surface area contributed by atoms with Gasteiger partial charge in [-0.2, -0.15) is 5.06 Å². The molecule has 0 radical (unpaired) electrons. The van der Waals surface area contributed by atoms with Crippen molar-refractivity contribution in [1.82, 2.24) is 5.06 Å². The molecule has 2 heteroatoms. The van der Waals surface area contributed by atoms with Crippen molar-refractivity contribution in [3.05, 3.63) is 65.8 Å². The van der Waals surface area contributed by atoms with Crippen molar-refractivity contribution in [2.75, 3.05) is 13.7 Å². The Balaban J connectivity index is 2.19. The second-order valence-corrected chi connectivity index (χ2v) is 4.92. The lowest BCUT2D eigenvalue weighted by atomic mass is 9.98. The van der Waals surface area contributed by atoms with E-state index in [2.05, 4.69) is 66.6 Å². The Labute approximate surface area is 122 Å². The third kappa shape index (κ3) is 3.92. The quantitative estimate of drug-likeness (QED) is 0.717. The normalized spacial score (nSPS) is 19.9. The number of unbranched alkanes of at least 4 members (excludes halogenated alkanes) is 1. The highest BCUT2D eigenvalue weighted by Crippen LogP contribution is 2.21. The van der Waals surface area contributed by atoms with E-state index in [9.17, 15) is 0 Å². The molecule has 1 aliphatic carbocycles. The molecule has 0 bridgehead atoms. The first-order valence-corrected chi connectivity index (χ1v) is 7.27. The van der Waals surface area contributed by atoms with E-state index >= 15 is 0 Å². The third-order valence-electron chi connectivity index (χ3n) is 3.44. The summed E-state index contributed by atoms with van der Waals surface area (Å²) in [6, 6.07) is 10.6. The van der Waals surface area contributed by atoms with Crippen molar-refractivity contribution in [3.8, 4) is 0 Å². The lowest BCUT2D eigenvalue weighted by Crippen LogP contribution is -2.35. The second-order valence-electron chi connectivity index (χ2n) is 4.92. The molecule has 0 aromatic heterocycles. The Kier molecular flexibility index (Phi) is 5.78. The smallest absolute Gasteiger partial charge is 0.0786 e. The number of nitrogens with zero attached hydrogens (tertiary/aromatic N) is 1. The Morgan fingerprint density at radius 2 is 2.00 bits per heavy atom. The molecule has 0 spiro atoms. The maximum atomic E-state index is 5.57. The summed E-state index contributed by atoms with van der Waals surface area (Å²) >= 11 is 0. The molecule has 1 unspecified atom stereocenters. The van der Waals surface area contributed by atoms with Crippen molar-refractivity contribution in [2.24, 2.45) is 0 Å². The van der Waals surface area contributed by atoms with Gasteiger partial charge in [0, 0.05) is 6.54 Å². The van der Waals surface area contributed by atoms with E-state index in [-0.39, 0.29) is 6.04 Å². The minimum absolute atomic E-state index is 0.191. The topological polar surface area (TPSA) is 12.5 Å². The van der Waals surface area contributed by atoms with Gasteiger partial charge < -0.3 is 4.84 Å². The van der Waals surface area contributed by atoms with Crippen LogP contribution in [0, 0.1) is 0 Å². The van der Waals surface area contributed by atoms with Crippen molar-refractivity contribution in [2.45, 2.75) is 25.8 Å². The van der Waals surface area contributed by atoms with Crippen LogP contribution in [0.1, 0.15) is 25.3 Å². The van der Waals surface area contributed by atoms with Gasteiger partial charge in [0.15, 0.2) is 0 Å². The van der Waals surface area contributed by atoms with E-state index in [0.29, 0.717) is 0 Å². The highest BCUT2D eigenvalue weighted by molar-refractivity contribution is 5.59. The van der Waals surface area contributed by atoms with Gasteiger partial charge in [-0.25, -0.2) is 0 Å². The summed E-state index contributed by atoms with van der Waals surface area (Å²) in [5, 5.41) is 2.05. The molecule has 0 aliphatic heterocycles. The lowest BCUT2D eigenvalue weighted by Gasteiger charge is -2.29. The van der Waals surface area contributed by atoms with E-state index < -0.39 is 0 Å². The van der Waals surface area contributed by atoms with Gasteiger partial charge in [-0.1, -0.05) is 68.0 Å². The van der Waals surface area contributed by atoms with Gasteiger partial charge in [0.05, 0.1) is 13.2 Å². The van der Waals surface area contributed by atoms with Gasteiger partial charge in [-0.15, -0.1) is 0 Å². The predicted molar refractivity (Wildman–Crippen MR) is 85.1 cm³/mol. The first kappa shape index (κ1) is 14.8. The van der Waals surface area contributed by atoms with Crippen LogP contribution in [0.5, 0.6) is 0 Å². The summed E-state index contributed by atoms with van der Waals surface area (Å²) in [6.07, 6.45) is 13.1. The highest BCUT2D eigenvalue weighted by Gasteiger charge is 2.19. The minimum atomic E-state index is 0.191. The summed E-state index contributed by atoms with van der Waals surface area (Å²) in [5.41, 5.74) is 2.48. The molecular weight excluding hydrogens is 246 g/mol. The van der Waals surface area contributed by atoms with E-state index in [4.69, 9.17) is 4.84 Å². The van der Waals surface area contributed by atoms with E-state index in [1.165, 1.54) is 17.6 Å². The molecule has 0 saturated heterocycles. The fraction of sp³-hybridized carbons (Fsp3) is 0.333. The van der Waals surface area contributed by atoms with Gasteiger partial charge in [-0.3, -0.25) is 0 Å². The highest BCUT2D eigenvalue weighted by atomic mass is 16.7. The van der Waals surface area contributed by atoms with Crippen LogP contribution in [0.15, 0.2) is 60.2 Å². The largest absolute Gasteiger partial charge is 0.301 e. The second kappa shape index (κ2) is 7.83. The van der Waals surface area contributed by atoms with E-state index in [1.807, 2.05) is 6.07 Å². The van der Waals surface area contributed by atoms with Crippen LogP contribution in [0.2, 0.25) is 0 Å². The number of hydroxylamine groups is 2.